The molecule has 7 nitrogen and oxygen atoms in total. The first-order chi connectivity index (χ1) is 19.9. The Kier molecular flexibility index (Phi) is 10.4. The molecule has 238 valence electrons. The van der Waals surface area contributed by atoms with Crippen molar-refractivity contribution in [2.24, 2.45) is 46.3 Å². The number of hydrogen-bond acceptors (Lipinski definition) is 7. The summed E-state index contributed by atoms with van der Waals surface area (Å²) in [4.78, 5) is 24.4. The Morgan fingerprint density at radius 3 is 2.33 bits per heavy atom. The summed E-state index contributed by atoms with van der Waals surface area (Å²) in [5.74, 6) is 2.75. The molecular weight excluding hydrogens is 532 g/mol. The van der Waals surface area contributed by atoms with Crippen molar-refractivity contribution in [3.8, 4) is 0 Å². The molecule has 0 spiro atoms. The molecule has 0 saturated heterocycles. The van der Waals surface area contributed by atoms with Gasteiger partial charge in [0.25, 0.3) is 0 Å². The van der Waals surface area contributed by atoms with E-state index in [9.17, 15) is 14.7 Å². The fourth-order valence-electron chi connectivity index (χ4n) is 9.49. The molecule has 10 atom stereocenters. The Morgan fingerprint density at radius 2 is 1.69 bits per heavy atom. The van der Waals surface area contributed by atoms with Gasteiger partial charge in [-0.1, -0.05) is 84.1 Å². The smallest absolute Gasteiger partial charge is 0.438 e. The first kappa shape index (κ1) is 32.9. The maximum atomic E-state index is 12.4. The highest BCUT2D eigenvalue weighted by molar-refractivity contribution is 5.61. The Morgan fingerprint density at radius 1 is 1.00 bits per heavy atom. The average molecular weight is 589 g/mol. The molecular formula is C35H56O7. The lowest BCUT2D eigenvalue weighted by Gasteiger charge is -2.57. The molecule has 3 saturated carbocycles. The van der Waals surface area contributed by atoms with Crippen molar-refractivity contribution in [3.05, 3.63) is 23.3 Å². The van der Waals surface area contributed by atoms with Crippen molar-refractivity contribution in [1.82, 2.24) is 0 Å². The number of carbonyl (C=O) groups excluding carboxylic acids is 2. The van der Waals surface area contributed by atoms with Gasteiger partial charge in [-0.2, -0.15) is 0 Å². The Bertz CT molecular complexity index is 1030. The molecule has 42 heavy (non-hydrogen) atoms. The maximum Gasteiger partial charge on any atom is 0.508 e. The highest BCUT2D eigenvalue weighted by Gasteiger charge is 2.60. The summed E-state index contributed by atoms with van der Waals surface area (Å²) in [6, 6.07) is 0. The van der Waals surface area contributed by atoms with Crippen molar-refractivity contribution in [2.75, 3.05) is 14.2 Å². The second-order valence-corrected chi connectivity index (χ2v) is 14.5. The standard InChI is InChI=1S/C35H56O7/c1-9-10-11-23(18-30(36)21(2)3)22(4)27-14-15-28-26-13-12-24-19-25(41-32(37)39-7)20-31(42-33(38)40-8)35(24,6)29(26)16-17-34(27,28)5/h12-13,21-23,25,27-31,36H,9-11,14-20H2,1-8H3/t22-,23+,25-,27-,28+,29+,30+,31+,34-,35+/m1/s1. The van der Waals surface area contributed by atoms with E-state index in [1.165, 1.54) is 57.5 Å². The zero-order valence-electron chi connectivity index (χ0n) is 27.3. The van der Waals surface area contributed by atoms with E-state index in [0.717, 1.165) is 19.3 Å². The lowest BCUT2D eigenvalue weighted by Crippen LogP contribution is -2.54. The quantitative estimate of drug-likeness (QED) is 0.257. The maximum absolute atomic E-state index is 12.4. The van der Waals surface area contributed by atoms with Crippen molar-refractivity contribution in [2.45, 2.75) is 124 Å². The molecule has 4 aliphatic carbocycles. The zero-order chi connectivity index (χ0) is 30.8. The van der Waals surface area contributed by atoms with Gasteiger partial charge < -0.3 is 24.1 Å². The van der Waals surface area contributed by atoms with Crippen LogP contribution in [-0.2, 0) is 18.9 Å². The molecule has 0 heterocycles. The number of methoxy groups -OCH3 is 2. The van der Waals surface area contributed by atoms with Gasteiger partial charge in [0.2, 0.25) is 0 Å². The van der Waals surface area contributed by atoms with E-state index in [0.29, 0.717) is 36.5 Å². The van der Waals surface area contributed by atoms with Crippen molar-refractivity contribution < 1.29 is 33.6 Å². The van der Waals surface area contributed by atoms with Gasteiger partial charge in [0.05, 0.1) is 20.3 Å². The van der Waals surface area contributed by atoms with E-state index in [1.807, 2.05) is 0 Å². The number of carbonyl (C=O) groups is 2. The predicted octanol–water partition coefficient (Wildman–Crippen LogP) is 8.25. The van der Waals surface area contributed by atoms with Crippen LogP contribution in [0, 0.1) is 46.3 Å². The third-order valence-corrected chi connectivity index (χ3v) is 12.1. The summed E-state index contributed by atoms with van der Waals surface area (Å²) in [6.45, 7) is 13.8. The summed E-state index contributed by atoms with van der Waals surface area (Å²) in [5.41, 5.74) is 2.49. The van der Waals surface area contributed by atoms with Crippen LogP contribution in [0.4, 0.5) is 9.59 Å². The number of fused-ring (bicyclic) bond motifs is 5. The summed E-state index contributed by atoms with van der Waals surface area (Å²) >= 11 is 0. The highest BCUT2D eigenvalue weighted by Crippen LogP contribution is 2.67. The van der Waals surface area contributed by atoms with Gasteiger partial charge in [-0.25, -0.2) is 9.59 Å². The molecule has 0 aromatic rings. The molecule has 0 bridgehead atoms. The SMILES string of the molecule is CCCC[C@@H](C[C@H](O)C(C)C)[C@@H](C)[C@H]1CC[C@H]2C3=CC=C4C[C@@H](OC(=O)OC)C[C@H](OC(=O)OC)[C@]4(C)[C@H]3CC[C@]12C. The summed E-state index contributed by atoms with van der Waals surface area (Å²) in [6.07, 6.45) is 12.1. The molecule has 0 amide bonds. The molecule has 0 aromatic heterocycles. The van der Waals surface area contributed by atoms with Crippen molar-refractivity contribution >= 4 is 12.3 Å². The minimum absolute atomic E-state index is 0.209. The van der Waals surface area contributed by atoms with Crippen molar-refractivity contribution in [3.63, 3.8) is 0 Å². The number of hydrogen-bond donors (Lipinski definition) is 1. The van der Waals surface area contributed by atoms with Crippen LogP contribution in [0.15, 0.2) is 23.3 Å². The lowest BCUT2D eigenvalue weighted by molar-refractivity contribution is -0.0837. The molecule has 0 radical (unpaired) electrons. The van der Waals surface area contributed by atoms with Gasteiger partial charge in [0.1, 0.15) is 12.2 Å². The molecule has 4 aliphatic rings. The van der Waals surface area contributed by atoms with Crippen LogP contribution in [0.3, 0.4) is 0 Å². The summed E-state index contributed by atoms with van der Waals surface area (Å²) < 4.78 is 21.2. The number of unbranched alkanes of at least 4 members (excludes halogenated alkanes) is 1. The van der Waals surface area contributed by atoms with Crippen LogP contribution in [0.5, 0.6) is 0 Å². The Labute approximate surface area is 253 Å². The first-order valence-electron chi connectivity index (χ1n) is 16.5. The molecule has 0 aromatic carbocycles. The van der Waals surface area contributed by atoms with Crippen LogP contribution >= 0.6 is 0 Å². The lowest BCUT2D eigenvalue weighted by atomic mass is 9.49. The number of aliphatic hydroxyl groups excluding tert-OH is 1. The minimum Gasteiger partial charge on any atom is -0.438 e. The molecule has 0 aliphatic heterocycles. The monoisotopic (exact) mass is 588 g/mol. The van der Waals surface area contributed by atoms with Gasteiger partial charge in [0, 0.05) is 18.3 Å². The number of aliphatic hydroxyl groups is 1. The van der Waals surface area contributed by atoms with Gasteiger partial charge in [-0.05, 0) is 73.0 Å². The van der Waals surface area contributed by atoms with Crippen LogP contribution in [0.25, 0.3) is 0 Å². The van der Waals surface area contributed by atoms with E-state index in [4.69, 9.17) is 18.9 Å². The number of rotatable bonds is 10. The average Bonchev–Trinajstić information content (AvgIpc) is 3.32. The van der Waals surface area contributed by atoms with Gasteiger partial charge in [0.15, 0.2) is 0 Å². The Balaban J connectivity index is 1.62. The van der Waals surface area contributed by atoms with Crippen molar-refractivity contribution in [1.29, 1.82) is 0 Å². The van der Waals surface area contributed by atoms with Crippen LogP contribution < -0.4 is 0 Å². The molecule has 4 rings (SSSR count). The van der Waals surface area contributed by atoms with E-state index in [-0.39, 0.29) is 28.8 Å². The van der Waals surface area contributed by atoms with E-state index < -0.39 is 24.5 Å². The van der Waals surface area contributed by atoms with Crippen LogP contribution in [0.2, 0.25) is 0 Å². The zero-order valence-corrected chi connectivity index (χ0v) is 27.3. The first-order valence-corrected chi connectivity index (χ1v) is 16.5. The van der Waals surface area contributed by atoms with Crippen LogP contribution in [0.1, 0.15) is 106 Å². The molecule has 7 heteroatoms. The van der Waals surface area contributed by atoms with E-state index >= 15 is 0 Å². The summed E-state index contributed by atoms with van der Waals surface area (Å²) in [7, 11) is 2.64. The fraction of sp³-hybridized carbons (Fsp3) is 0.829. The molecule has 0 unspecified atom stereocenters. The molecule has 3 fully saturated rings. The second-order valence-electron chi connectivity index (χ2n) is 14.5. The third-order valence-electron chi connectivity index (χ3n) is 12.1. The van der Waals surface area contributed by atoms with E-state index in [1.54, 1.807) is 0 Å². The van der Waals surface area contributed by atoms with E-state index in [2.05, 4.69) is 53.7 Å². The van der Waals surface area contributed by atoms with Gasteiger partial charge in [-0.15, -0.1) is 0 Å². The van der Waals surface area contributed by atoms with Gasteiger partial charge in [-0.3, -0.25) is 0 Å². The number of allylic oxidation sites excluding steroid dienone is 3. The normalized spacial score (nSPS) is 35.9. The largest absolute Gasteiger partial charge is 0.508 e. The van der Waals surface area contributed by atoms with Gasteiger partial charge >= 0.3 is 12.3 Å². The fourth-order valence-corrected chi connectivity index (χ4v) is 9.49. The molecule has 1 N–H and O–H groups in total. The Hall–Kier alpha value is -2.02. The third kappa shape index (κ3) is 6.14. The topological polar surface area (TPSA) is 91.3 Å². The second kappa shape index (κ2) is 13.3. The minimum atomic E-state index is -0.717. The number of ether oxygens (including phenoxy) is 4. The van der Waals surface area contributed by atoms with Crippen LogP contribution in [-0.4, -0.2) is 49.9 Å². The highest BCUT2D eigenvalue weighted by atomic mass is 16.7. The predicted molar refractivity (Wildman–Crippen MR) is 163 cm³/mol. The summed E-state index contributed by atoms with van der Waals surface area (Å²) in [5, 5.41) is 10.9.